The molecule has 19 heteroatoms. The maximum absolute atomic E-state index is 12.9. The molecule has 0 aliphatic carbocycles. The summed E-state index contributed by atoms with van der Waals surface area (Å²) in [4.78, 5) is 3.00. The molecule has 294 valence electrons. The molecule has 0 aliphatic heterocycles. The van der Waals surface area contributed by atoms with Gasteiger partial charge in [-0.25, -0.2) is 0 Å². The van der Waals surface area contributed by atoms with Gasteiger partial charge < -0.3 is 0 Å². The fourth-order valence-electron chi connectivity index (χ4n) is 5.37. The third-order valence-electron chi connectivity index (χ3n) is 7.95. The van der Waals surface area contributed by atoms with E-state index in [-0.39, 0.29) is 37.2 Å². The van der Waals surface area contributed by atoms with Gasteiger partial charge in [0.05, 0.1) is 0 Å². The molecule has 3 heterocycles. The summed E-state index contributed by atoms with van der Waals surface area (Å²) in [6.45, 7) is 0. The van der Waals surface area contributed by atoms with Gasteiger partial charge in [-0.3, -0.25) is 0 Å². The van der Waals surface area contributed by atoms with Crippen LogP contribution in [0.4, 0.5) is 39.5 Å². The average molecular weight is 979 g/mol. The molecule has 9 rings (SSSR count). The number of nitrogens with zero attached hydrogens (tertiary/aromatic N) is 9. The Kier molecular flexibility index (Phi) is 11.8. The van der Waals surface area contributed by atoms with Gasteiger partial charge in [-0.15, -0.1) is 18.2 Å². The number of rotatable bonds is 3. The summed E-state index contributed by atoms with van der Waals surface area (Å²) < 4.78 is 116. The molecule has 9 nitrogen and oxygen atoms in total. The summed E-state index contributed by atoms with van der Waals surface area (Å²) in [7, 11) is 0. The number of benzene rings is 6. The van der Waals surface area contributed by atoms with Crippen molar-refractivity contribution < 1.29 is 59.6 Å². The van der Waals surface area contributed by atoms with Gasteiger partial charge in [-0.05, 0) is 70.2 Å². The monoisotopic (exact) mass is 979 g/mol. The van der Waals surface area contributed by atoms with Crippen LogP contribution in [0.15, 0.2) is 127 Å². The molecule has 6 aromatic carbocycles. The van der Waals surface area contributed by atoms with E-state index < -0.39 is 35.2 Å². The van der Waals surface area contributed by atoms with E-state index >= 15 is 0 Å². The van der Waals surface area contributed by atoms with E-state index in [4.69, 9.17) is 0 Å². The first-order valence-electron chi connectivity index (χ1n) is 16.4. The second-order valence-electron chi connectivity index (χ2n) is 11.8. The summed E-state index contributed by atoms with van der Waals surface area (Å²) in [5, 5.41) is 24.3. The summed E-state index contributed by atoms with van der Waals surface area (Å²) in [5.41, 5.74) is 0.513. The first kappa shape index (κ1) is 41.2. The normalized spacial score (nSPS) is 11.7. The topological polar surface area (TPSA) is 92.1 Å². The molecule has 0 atom stereocenters. The molecular weight excluding hydrogens is 958 g/mol. The van der Waals surface area contributed by atoms with Crippen molar-refractivity contribution in [1.82, 2.24) is 45.0 Å². The first-order chi connectivity index (χ1) is 27.2. The Morgan fingerprint density at radius 2 is 0.552 bits per heavy atom. The van der Waals surface area contributed by atoms with Crippen LogP contribution in [0.2, 0.25) is 0 Å². The smallest absolute Gasteiger partial charge is 0.183 e. The minimum atomic E-state index is -4.47. The molecule has 0 spiro atoms. The van der Waals surface area contributed by atoms with Crippen LogP contribution in [-0.4, -0.2) is 45.0 Å². The molecule has 9 aromatic rings. The molecule has 0 N–H and O–H groups in total. The second-order valence-corrected chi connectivity index (χ2v) is 11.8. The zero-order valence-corrected chi connectivity index (χ0v) is 31.3. The van der Waals surface area contributed by atoms with Crippen LogP contribution in [0, 0.1) is 18.2 Å². The Balaban J connectivity index is 0.000000145. The minimum absolute atomic E-state index is 0. The van der Waals surface area contributed by atoms with Crippen LogP contribution < -0.4 is 0 Å². The van der Waals surface area contributed by atoms with Gasteiger partial charge in [0.2, 0.25) is 0 Å². The first-order valence-corrected chi connectivity index (χ1v) is 16.4. The average Bonchev–Trinajstić information content (AvgIpc) is 3.94. The maximum Gasteiger partial charge on any atom is 3.00 e. The third kappa shape index (κ3) is 9.05. The van der Waals surface area contributed by atoms with E-state index in [0.717, 1.165) is 32.6 Å². The van der Waals surface area contributed by atoms with Crippen LogP contribution in [0.5, 0.6) is 0 Å². The molecular formula is C39H21F9IrN9. The Morgan fingerprint density at radius 1 is 0.345 bits per heavy atom. The largest absolute Gasteiger partial charge is 3.00 e. The van der Waals surface area contributed by atoms with Crippen molar-refractivity contribution in [2.24, 2.45) is 0 Å². The number of halogens is 9. The van der Waals surface area contributed by atoms with E-state index in [1.807, 2.05) is 0 Å². The molecule has 0 saturated carbocycles. The molecule has 0 amide bonds. The Bertz CT molecular complexity index is 2400. The van der Waals surface area contributed by atoms with Crippen LogP contribution >= 0.6 is 0 Å². The zero-order valence-electron chi connectivity index (χ0n) is 28.9. The van der Waals surface area contributed by atoms with E-state index in [9.17, 15) is 39.5 Å². The van der Waals surface area contributed by atoms with Crippen LogP contribution in [0.3, 0.4) is 0 Å². The van der Waals surface area contributed by atoms with Gasteiger partial charge in [0.15, 0.2) is 0 Å². The molecule has 0 aliphatic rings. The molecule has 0 fully saturated rings. The molecule has 0 unspecified atom stereocenters. The van der Waals surface area contributed by atoms with E-state index in [1.54, 1.807) is 72.8 Å². The van der Waals surface area contributed by atoms with E-state index in [2.05, 4.69) is 48.8 Å². The van der Waals surface area contributed by atoms with Crippen molar-refractivity contribution >= 4 is 33.1 Å². The summed E-state index contributed by atoms with van der Waals surface area (Å²) in [5.74, 6) is 0. The van der Waals surface area contributed by atoms with Crippen LogP contribution in [0.1, 0.15) is 16.7 Å². The van der Waals surface area contributed by atoms with Crippen molar-refractivity contribution in [2.75, 3.05) is 0 Å². The maximum atomic E-state index is 12.9. The number of hydrogen-bond donors (Lipinski definition) is 0. The fraction of sp³-hybridized carbons (Fsp3) is 0.0769. The Labute approximate surface area is 334 Å². The van der Waals surface area contributed by atoms with Crippen molar-refractivity contribution in [1.29, 1.82) is 0 Å². The molecule has 58 heavy (non-hydrogen) atoms. The second kappa shape index (κ2) is 16.6. The van der Waals surface area contributed by atoms with Crippen LogP contribution in [0.25, 0.3) is 50.2 Å². The zero-order chi connectivity index (χ0) is 40.4. The van der Waals surface area contributed by atoms with Crippen molar-refractivity contribution in [3.05, 3.63) is 162 Å². The van der Waals surface area contributed by atoms with E-state index in [0.29, 0.717) is 33.1 Å². The predicted molar refractivity (Wildman–Crippen MR) is 188 cm³/mol. The van der Waals surface area contributed by atoms with Crippen molar-refractivity contribution in [3.8, 4) is 17.1 Å². The molecule has 0 radical (unpaired) electrons. The summed E-state index contributed by atoms with van der Waals surface area (Å²) in [6.07, 6.45) is -13.4. The van der Waals surface area contributed by atoms with Gasteiger partial charge in [0, 0.05) is 0 Å². The van der Waals surface area contributed by atoms with Gasteiger partial charge in [-0.1, -0.05) is 36.4 Å². The molecule has 0 saturated heterocycles. The third-order valence-corrected chi connectivity index (χ3v) is 7.95. The minimum Gasteiger partial charge on any atom is -0.183 e. The van der Waals surface area contributed by atoms with Gasteiger partial charge >= 0.3 is 38.6 Å². The molecule has 0 bridgehead atoms. The summed E-state index contributed by atoms with van der Waals surface area (Å²) in [6, 6.07) is 38.7. The number of alkyl halides is 9. The quantitative estimate of drug-likeness (QED) is 0.129. The summed E-state index contributed by atoms with van der Waals surface area (Å²) >= 11 is 0. The van der Waals surface area contributed by atoms with Crippen molar-refractivity contribution in [2.45, 2.75) is 18.5 Å². The Morgan fingerprint density at radius 3 is 0.741 bits per heavy atom. The van der Waals surface area contributed by atoms with E-state index in [1.165, 1.54) is 36.4 Å². The predicted octanol–water partition coefficient (Wildman–Crippen LogP) is 9.72. The number of hydrogen-bond acceptors (Lipinski definition) is 6. The number of aromatic nitrogens is 9. The van der Waals surface area contributed by atoms with Gasteiger partial charge in [0.25, 0.3) is 0 Å². The standard InChI is InChI=1S/3C13H7F3N3.Ir/c3*14-13(15,16)9-5-1-4-8-12(9)19-17-10-6-2-3-7-11(10)18-19;/h3*2-8H;/q3*-1;+3. The van der Waals surface area contributed by atoms with Crippen LogP contribution in [-0.2, 0) is 38.6 Å². The molecule has 3 aromatic heterocycles. The van der Waals surface area contributed by atoms with Gasteiger partial charge in [0.1, 0.15) is 33.1 Å². The Hall–Kier alpha value is -6.46. The van der Waals surface area contributed by atoms with Gasteiger partial charge in [-0.2, -0.15) is 139 Å². The fourth-order valence-corrected chi connectivity index (χ4v) is 5.37. The SMILES string of the molecule is FC(F)(F)c1c[c-]ccc1-n1nc2ccccc2n1.FC(F)(F)c1c[c-]ccc1-n1nc2ccccc2n1.FC(F)(F)c1c[c-]ccc1-n1nc2ccccc2n1.[Ir+3]. The van der Waals surface area contributed by atoms with Crippen molar-refractivity contribution in [3.63, 3.8) is 0 Å². The number of fused-ring (bicyclic) bond motifs is 3.